The van der Waals surface area contributed by atoms with Crippen molar-refractivity contribution in [3.63, 3.8) is 0 Å². The molecule has 16 heteroatoms. The van der Waals surface area contributed by atoms with Crippen LogP contribution in [0.4, 0.5) is 0 Å². The molecule has 2 aliphatic heterocycles. The van der Waals surface area contributed by atoms with Gasteiger partial charge in [-0.3, -0.25) is 0 Å². The number of unbranched alkanes of at least 4 members (excludes halogenated alkanes) is 6. The van der Waals surface area contributed by atoms with Crippen LogP contribution in [0.3, 0.4) is 0 Å². The van der Waals surface area contributed by atoms with Gasteiger partial charge in [0.05, 0.1) is 18.1 Å². The summed E-state index contributed by atoms with van der Waals surface area (Å²) in [5.41, 5.74) is 0. The number of hydrogen-bond acceptors (Lipinski definition) is 13. The Bertz CT molecular complexity index is 800. The van der Waals surface area contributed by atoms with E-state index < -0.39 is 82.8 Å². The Hall–Kier alpha value is -0.430. The van der Waals surface area contributed by atoms with E-state index >= 15 is 0 Å². The Morgan fingerprint density at radius 3 is 1.86 bits per heavy atom. The molecular formula is C28H55NO14P+2. The van der Waals surface area contributed by atoms with E-state index in [-0.39, 0.29) is 11.3 Å². The predicted molar refractivity (Wildman–Crippen MR) is 157 cm³/mol. The molecule has 0 aromatic carbocycles. The molecule has 7 N–H and O–H groups in total. The monoisotopic (exact) mass is 660 g/mol. The third-order valence-electron chi connectivity index (χ3n) is 8.25. The maximum atomic E-state index is 14.0. The van der Waals surface area contributed by atoms with Crippen molar-refractivity contribution < 1.29 is 73.2 Å². The lowest BCUT2D eigenvalue weighted by molar-refractivity contribution is -1.08. The van der Waals surface area contributed by atoms with Crippen LogP contribution < -0.4 is 0 Å². The van der Waals surface area contributed by atoms with Crippen molar-refractivity contribution in [1.82, 2.24) is 0 Å². The molecule has 44 heavy (non-hydrogen) atoms. The molecule has 0 amide bonds. The maximum Gasteiger partial charge on any atom is 0.668 e. The lowest BCUT2D eigenvalue weighted by atomic mass is 9.97. The van der Waals surface area contributed by atoms with E-state index in [0.29, 0.717) is 26.1 Å². The van der Waals surface area contributed by atoms with Crippen LogP contribution in [0.15, 0.2) is 12.7 Å². The summed E-state index contributed by atoms with van der Waals surface area (Å²) >= 11 is 0. The second-order valence-corrected chi connectivity index (χ2v) is 12.7. The van der Waals surface area contributed by atoms with Crippen LogP contribution in [0.2, 0.25) is 0 Å². The summed E-state index contributed by atoms with van der Waals surface area (Å²) in [6.45, 7) is 9.11. The fraction of sp³-hybridized carbons (Fsp3) is 0.929. The summed E-state index contributed by atoms with van der Waals surface area (Å²) in [6.07, 6.45) is -8.14. The number of aliphatic hydroxyl groups excluding tert-OH is 7. The molecule has 15 nitrogen and oxygen atoms in total. The number of aliphatic hydroxyl groups is 7. The first-order chi connectivity index (χ1) is 20.9. The van der Waals surface area contributed by atoms with Gasteiger partial charge < -0.3 is 50.0 Å². The van der Waals surface area contributed by atoms with Crippen molar-refractivity contribution >= 4 is 8.17 Å². The average molecular weight is 661 g/mol. The SMILES string of the molecule is C=CCCCCCCCCO[P+]([O])(O[C@H]1O[C@H](CO)[C@@H](O[C@@H]2O[C@H](CO)[C@H](O)[C@H](O)[C@H]2O)[C@H](O)[C@@H]1O)O[N+](CC)(CC)CC. The molecule has 1 unspecified atom stereocenters. The molecule has 0 aliphatic carbocycles. The largest absolute Gasteiger partial charge is 0.668 e. The van der Waals surface area contributed by atoms with Crippen LogP contribution >= 0.6 is 8.17 Å². The molecule has 2 heterocycles. The molecule has 11 atom stereocenters. The molecule has 2 rings (SSSR count). The molecule has 0 aromatic heterocycles. The van der Waals surface area contributed by atoms with Crippen molar-refractivity contribution in [2.24, 2.45) is 0 Å². The number of allylic oxidation sites excluding steroid dienone is 1. The Labute approximate surface area is 260 Å². The average Bonchev–Trinajstić information content (AvgIpc) is 3.02. The highest BCUT2D eigenvalue weighted by molar-refractivity contribution is 7.55. The minimum Gasteiger partial charge on any atom is -0.394 e. The first kappa shape index (κ1) is 39.7. The van der Waals surface area contributed by atoms with Gasteiger partial charge in [-0.05, 0) is 40.0 Å². The normalized spacial score (nSPS) is 34.5. The number of ether oxygens (including phenoxy) is 3. The molecule has 2 fully saturated rings. The third kappa shape index (κ3) is 10.8. The summed E-state index contributed by atoms with van der Waals surface area (Å²) in [4.78, 5) is 14.0. The minimum absolute atomic E-state index is 0.0404. The molecule has 1 radical (unpaired) electrons. The zero-order valence-corrected chi connectivity index (χ0v) is 27.0. The van der Waals surface area contributed by atoms with Gasteiger partial charge in [-0.15, -0.1) is 20.3 Å². The standard InChI is InChI=1S/C28H55NO14P/c1-5-9-10-11-12-13-14-15-16-38-44(37,43-29(6-2,7-3)8-4)42-28-25(36)23(34)26(20(18-31)40-28)41-27-24(35)22(33)21(32)19(17-30)39-27/h5,19-28,30-36H,1,6-18H2,2-4H3/q+2/t19-,20-,21+,22+,23-,24-,25+,26-,27+,28-,44?/m1/s1. The number of rotatable bonds is 21. The number of nitrogens with zero attached hydrogens (tertiary/aromatic N) is 1. The molecule has 2 aliphatic rings. The first-order valence-corrected chi connectivity index (χ1v) is 17.1. The van der Waals surface area contributed by atoms with E-state index in [1.54, 1.807) is 0 Å². The van der Waals surface area contributed by atoms with E-state index in [4.69, 9.17) is 27.9 Å². The van der Waals surface area contributed by atoms with Crippen LogP contribution in [0, 0.1) is 0 Å². The van der Waals surface area contributed by atoms with Gasteiger partial charge in [0.2, 0.25) is 6.29 Å². The van der Waals surface area contributed by atoms with E-state index in [1.807, 2.05) is 26.8 Å². The van der Waals surface area contributed by atoms with Crippen molar-refractivity contribution in [3.8, 4) is 0 Å². The van der Waals surface area contributed by atoms with Crippen molar-refractivity contribution in [3.05, 3.63) is 12.7 Å². The zero-order valence-electron chi connectivity index (χ0n) is 26.1. The lowest BCUT2D eigenvalue weighted by Crippen LogP contribution is -2.64. The van der Waals surface area contributed by atoms with Gasteiger partial charge in [0.15, 0.2) is 6.29 Å². The van der Waals surface area contributed by atoms with Gasteiger partial charge >= 0.3 is 8.17 Å². The number of hydrogen-bond donors (Lipinski definition) is 7. The topological polar surface area (TPSA) is 217 Å². The van der Waals surface area contributed by atoms with E-state index in [2.05, 4.69) is 6.58 Å². The van der Waals surface area contributed by atoms with Gasteiger partial charge in [-0.1, -0.05) is 31.8 Å². The Morgan fingerprint density at radius 1 is 0.750 bits per heavy atom. The first-order valence-electron chi connectivity index (χ1n) is 15.6. The Morgan fingerprint density at radius 2 is 1.30 bits per heavy atom. The summed E-state index contributed by atoms with van der Waals surface area (Å²) in [5, 5.41) is 71.8. The number of hydroxylamine groups is 3. The van der Waals surface area contributed by atoms with Crippen LogP contribution in [0.1, 0.15) is 65.7 Å². The molecule has 0 aromatic rings. The second-order valence-electron chi connectivity index (χ2n) is 11.2. The predicted octanol–water partition coefficient (Wildman–Crippen LogP) is 0.477. The van der Waals surface area contributed by atoms with E-state index in [0.717, 1.165) is 38.5 Å². The lowest BCUT2D eigenvalue weighted by Gasteiger charge is -2.45. The Balaban J connectivity index is 2.12. The molecule has 259 valence electrons. The van der Waals surface area contributed by atoms with Crippen LogP contribution in [-0.2, 0) is 32.8 Å². The third-order valence-corrected chi connectivity index (χ3v) is 9.76. The van der Waals surface area contributed by atoms with Crippen LogP contribution in [0.5, 0.6) is 0 Å². The Kier molecular flexibility index (Phi) is 17.5. The molecule has 0 spiro atoms. The van der Waals surface area contributed by atoms with Crippen molar-refractivity contribution in [2.45, 2.75) is 127 Å². The highest BCUT2D eigenvalue weighted by atomic mass is 31.2. The van der Waals surface area contributed by atoms with Gasteiger partial charge in [0.1, 0.15) is 75.1 Å². The van der Waals surface area contributed by atoms with Gasteiger partial charge in [0, 0.05) is 4.62 Å². The second kappa shape index (κ2) is 19.4. The summed E-state index contributed by atoms with van der Waals surface area (Å²) < 4.78 is 33.8. The highest BCUT2D eigenvalue weighted by Crippen LogP contribution is 2.63. The summed E-state index contributed by atoms with van der Waals surface area (Å²) in [7, 11) is -4.43. The van der Waals surface area contributed by atoms with Gasteiger partial charge in [0.25, 0.3) is 0 Å². The van der Waals surface area contributed by atoms with Crippen LogP contribution in [-0.4, -0.2) is 141 Å². The fourth-order valence-corrected chi connectivity index (χ4v) is 6.87. The molecule has 2 saturated heterocycles. The summed E-state index contributed by atoms with van der Waals surface area (Å²) in [5.74, 6) is 0. The maximum absolute atomic E-state index is 14.0. The van der Waals surface area contributed by atoms with Crippen LogP contribution in [0.25, 0.3) is 0 Å². The number of quaternary nitrogens is 1. The quantitative estimate of drug-likeness (QED) is 0.0293. The molecule has 0 bridgehead atoms. The molecule has 0 saturated carbocycles. The van der Waals surface area contributed by atoms with Crippen molar-refractivity contribution in [1.29, 1.82) is 0 Å². The summed E-state index contributed by atoms with van der Waals surface area (Å²) in [6, 6.07) is 0. The van der Waals surface area contributed by atoms with Gasteiger partial charge in [-0.2, -0.15) is 0 Å². The minimum atomic E-state index is -4.43. The zero-order chi connectivity index (χ0) is 32.9. The van der Waals surface area contributed by atoms with Crippen molar-refractivity contribution in [2.75, 3.05) is 39.5 Å². The smallest absolute Gasteiger partial charge is 0.394 e. The molecular weight excluding hydrogens is 605 g/mol. The van der Waals surface area contributed by atoms with E-state index in [1.165, 1.54) is 0 Å². The van der Waals surface area contributed by atoms with E-state index in [9.17, 15) is 40.6 Å². The highest BCUT2D eigenvalue weighted by Gasteiger charge is 2.63. The van der Waals surface area contributed by atoms with Gasteiger partial charge in [-0.25, -0.2) is 0 Å². The fourth-order valence-electron chi connectivity index (χ4n) is 5.17.